The molecule has 0 saturated carbocycles. The van der Waals surface area contributed by atoms with Gasteiger partial charge in [0, 0.05) is 31.5 Å². The summed E-state index contributed by atoms with van der Waals surface area (Å²) in [6.07, 6.45) is -0.378. The Morgan fingerprint density at radius 1 is 0.875 bits per heavy atom. The first kappa shape index (κ1) is 26.7. The molecule has 0 unspecified atom stereocenters. The molecule has 0 aliphatic heterocycles. The minimum Gasteiger partial charge on any atom is -0.407 e. The predicted molar refractivity (Wildman–Crippen MR) is 135 cm³/mol. The normalized spacial score (nSPS) is 15.9. The molecule has 0 bridgehead atoms. The highest BCUT2D eigenvalue weighted by atomic mass is 28.4. The Balaban J connectivity index is 2.36. The highest BCUT2D eigenvalue weighted by Crippen LogP contribution is 2.37. The minimum absolute atomic E-state index is 0.0719. The predicted octanol–water partition coefficient (Wildman–Crippen LogP) is 3.98. The number of benzene rings is 2. The van der Waals surface area contributed by atoms with Gasteiger partial charge in [-0.05, 0) is 15.4 Å². The smallest absolute Gasteiger partial charge is 0.261 e. The van der Waals surface area contributed by atoms with Gasteiger partial charge in [0.1, 0.15) is 0 Å². The summed E-state index contributed by atoms with van der Waals surface area (Å²) in [6, 6.07) is 21.2. The molecule has 2 rings (SSSR count). The molecule has 0 amide bonds. The highest BCUT2D eigenvalue weighted by Gasteiger charge is 2.50. The molecule has 5 heteroatoms. The average molecular weight is 459 g/mol. The fourth-order valence-electron chi connectivity index (χ4n) is 4.33. The van der Waals surface area contributed by atoms with E-state index in [2.05, 4.69) is 76.2 Å². The lowest BCUT2D eigenvalue weighted by atomic mass is 9.83. The lowest BCUT2D eigenvalue weighted by Gasteiger charge is -2.44. The van der Waals surface area contributed by atoms with Crippen LogP contribution in [0.5, 0.6) is 0 Å². The molecule has 0 aliphatic carbocycles. The standard InChI is InChI=1S/C27H42O4Si/c1-21(24(30-7)18-25(29)27(5,6)20-28)19-31-32(26(2,3)4,22-14-10-8-11-15-22)23-16-12-9-13-17-23/h8-17,21,24-25,28-29H,18-20H2,1-7H3/t21-,24-,25-/m0/s1. The number of hydrogen-bond acceptors (Lipinski definition) is 4. The third-order valence-electron chi connectivity index (χ3n) is 6.68. The molecular formula is C27H42O4Si. The molecule has 2 aromatic carbocycles. The van der Waals surface area contributed by atoms with Crippen molar-refractivity contribution < 1.29 is 19.4 Å². The van der Waals surface area contributed by atoms with E-state index in [-0.39, 0.29) is 23.7 Å². The van der Waals surface area contributed by atoms with Gasteiger partial charge in [0.15, 0.2) is 0 Å². The van der Waals surface area contributed by atoms with Gasteiger partial charge in [-0.25, -0.2) is 0 Å². The van der Waals surface area contributed by atoms with Crippen LogP contribution >= 0.6 is 0 Å². The van der Waals surface area contributed by atoms with E-state index in [1.165, 1.54) is 10.4 Å². The quantitative estimate of drug-likeness (QED) is 0.500. The highest BCUT2D eigenvalue weighted by molar-refractivity contribution is 6.99. The summed E-state index contributed by atoms with van der Waals surface area (Å²) in [5, 5.41) is 22.7. The second-order valence-electron chi connectivity index (χ2n) is 10.6. The first-order chi connectivity index (χ1) is 15.0. The van der Waals surface area contributed by atoms with Crippen molar-refractivity contribution in [3.05, 3.63) is 60.7 Å². The van der Waals surface area contributed by atoms with Crippen LogP contribution in [0.2, 0.25) is 5.04 Å². The fourth-order valence-corrected chi connectivity index (χ4v) is 9.00. The largest absolute Gasteiger partial charge is 0.407 e. The van der Waals surface area contributed by atoms with Gasteiger partial charge in [-0.3, -0.25) is 0 Å². The first-order valence-corrected chi connectivity index (χ1v) is 13.5. The number of hydrogen-bond donors (Lipinski definition) is 2. The summed E-state index contributed by atoms with van der Waals surface area (Å²) < 4.78 is 12.8. The monoisotopic (exact) mass is 458 g/mol. The van der Waals surface area contributed by atoms with Crippen molar-refractivity contribution in [3.63, 3.8) is 0 Å². The van der Waals surface area contributed by atoms with Gasteiger partial charge in [0.25, 0.3) is 8.32 Å². The summed E-state index contributed by atoms with van der Waals surface area (Å²) in [7, 11) is -0.929. The van der Waals surface area contributed by atoms with E-state index in [1.54, 1.807) is 7.11 Å². The number of aliphatic hydroxyl groups excluding tert-OH is 2. The van der Waals surface area contributed by atoms with Crippen LogP contribution in [0.25, 0.3) is 0 Å². The summed E-state index contributed by atoms with van der Waals surface area (Å²) in [5.74, 6) is 0.0748. The van der Waals surface area contributed by atoms with E-state index in [9.17, 15) is 10.2 Å². The Morgan fingerprint density at radius 2 is 1.34 bits per heavy atom. The Labute approximate surface area is 195 Å². The zero-order valence-corrected chi connectivity index (χ0v) is 21.8. The van der Waals surface area contributed by atoms with Crippen LogP contribution in [0.3, 0.4) is 0 Å². The minimum atomic E-state index is -2.61. The van der Waals surface area contributed by atoms with Crippen molar-refractivity contribution in [2.24, 2.45) is 11.3 Å². The molecule has 0 aliphatic rings. The SMILES string of the molecule is CO[C@@H](C[C@H](O)C(C)(C)CO)[C@@H](C)CO[Si](c1ccccc1)(c1ccccc1)C(C)(C)C. The lowest BCUT2D eigenvalue weighted by Crippen LogP contribution is -2.67. The zero-order chi connectivity index (χ0) is 24.0. The molecule has 2 aromatic rings. The second kappa shape index (κ2) is 11.1. The molecule has 0 saturated heterocycles. The molecule has 0 aromatic heterocycles. The van der Waals surface area contributed by atoms with E-state index in [0.29, 0.717) is 13.0 Å². The third-order valence-corrected chi connectivity index (χ3v) is 11.7. The molecule has 0 radical (unpaired) electrons. The van der Waals surface area contributed by atoms with Crippen LogP contribution in [0.1, 0.15) is 48.0 Å². The van der Waals surface area contributed by atoms with Gasteiger partial charge < -0.3 is 19.4 Å². The van der Waals surface area contributed by atoms with Crippen molar-refractivity contribution in [2.75, 3.05) is 20.3 Å². The molecule has 32 heavy (non-hydrogen) atoms. The number of ether oxygens (including phenoxy) is 1. The van der Waals surface area contributed by atoms with Crippen molar-refractivity contribution >= 4 is 18.7 Å². The summed E-state index contributed by atoms with van der Waals surface area (Å²) >= 11 is 0. The number of methoxy groups -OCH3 is 1. The first-order valence-electron chi connectivity index (χ1n) is 11.6. The average Bonchev–Trinajstić information content (AvgIpc) is 2.78. The zero-order valence-electron chi connectivity index (χ0n) is 20.8. The van der Waals surface area contributed by atoms with E-state index in [0.717, 1.165) is 0 Å². The Morgan fingerprint density at radius 3 is 1.72 bits per heavy atom. The molecule has 0 fully saturated rings. The summed E-state index contributed by atoms with van der Waals surface area (Å²) in [4.78, 5) is 0. The number of rotatable bonds is 11. The summed E-state index contributed by atoms with van der Waals surface area (Å²) in [6.45, 7) is 13.1. The van der Waals surface area contributed by atoms with Gasteiger partial charge in [0.05, 0.1) is 18.8 Å². The van der Waals surface area contributed by atoms with E-state index >= 15 is 0 Å². The molecular weight excluding hydrogens is 416 g/mol. The van der Waals surface area contributed by atoms with Crippen LogP contribution in [-0.2, 0) is 9.16 Å². The Kier molecular flexibility index (Phi) is 9.26. The van der Waals surface area contributed by atoms with E-state index in [4.69, 9.17) is 9.16 Å². The topological polar surface area (TPSA) is 58.9 Å². The van der Waals surface area contributed by atoms with Crippen LogP contribution < -0.4 is 10.4 Å². The van der Waals surface area contributed by atoms with Crippen LogP contribution in [0.15, 0.2) is 60.7 Å². The molecule has 0 heterocycles. The Bertz CT molecular complexity index is 762. The van der Waals surface area contributed by atoms with Gasteiger partial charge in [-0.1, -0.05) is 102 Å². The van der Waals surface area contributed by atoms with Gasteiger partial charge in [0.2, 0.25) is 0 Å². The van der Waals surface area contributed by atoms with Crippen molar-refractivity contribution in [2.45, 2.75) is 65.2 Å². The maximum atomic E-state index is 10.7. The molecule has 2 N–H and O–H groups in total. The van der Waals surface area contributed by atoms with Crippen molar-refractivity contribution in [1.29, 1.82) is 0 Å². The summed E-state index contributed by atoms with van der Waals surface area (Å²) in [5.41, 5.74) is -0.574. The van der Waals surface area contributed by atoms with Crippen LogP contribution in [0, 0.1) is 11.3 Å². The van der Waals surface area contributed by atoms with Gasteiger partial charge >= 0.3 is 0 Å². The third kappa shape index (κ3) is 5.89. The maximum absolute atomic E-state index is 10.7. The van der Waals surface area contributed by atoms with Crippen molar-refractivity contribution in [3.8, 4) is 0 Å². The molecule has 3 atom stereocenters. The van der Waals surface area contributed by atoms with E-state index in [1.807, 2.05) is 26.0 Å². The van der Waals surface area contributed by atoms with Crippen LogP contribution in [0.4, 0.5) is 0 Å². The fraction of sp³-hybridized carbons (Fsp3) is 0.556. The number of aliphatic hydroxyl groups is 2. The lowest BCUT2D eigenvalue weighted by molar-refractivity contribution is -0.0508. The molecule has 4 nitrogen and oxygen atoms in total. The van der Waals surface area contributed by atoms with Crippen LogP contribution in [-0.4, -0.2) is 51.1 Å². The van der Waals surface area contributed by atoms with Crippen molar-refractivity contribution in [1.82, 2.24) is 0 Å². The van der Waals surface area contributed by atoms with E-state index < -0.39 is 19.8 Å². The van der Waals surface area contributed by atoms with Gasteiger partial charge in [-0.15, -0.1) is 0 Å². The molecule has 0 spiro atoms. The Hall–Kier alpha value is -1.50. The van der Waals surface area contributed by atoms with Gasteiger partial charge in [-0.2, -0.15) is 0 Å². The second-order valence-corrected chi connectivity index (χ2v) is 14.9. The maximum Gasteiger partial charge on any atom is 0.261 e. The molecule has 178 valence electrons.